The summed E-state index contributed by atoms with van der Waals surface area (Å²) in [7, 11) is 3.15. The highest BCUT2D eigenvalue weighted by Gasteiger charge is 2.46. The van der Waals surface area contributed by atoms with E-state index in [1.807, 2.05) is 32.0 Å². The molecule has 1 fully saturated rings. The molecule has 1 unspecified atom stereocenters. The van der Waals surface area contributed by atoms with Crippen LogP contribution in [0.2, 0.25) is 0 Å². The fourth-order valence-corrected chi connectivity index (χ4v) is 3.99. The van der Waals surface area contributed by atoms with E-state index < -0.39 is 17.7 Å². The van der Waals surface area contributed by atoms with Crippen LogP contribution in [-0.4, -0.2) is 55.7 Å². The van der Waals surface area contributed by atoms with Crippen LogP contribution in [0.4, 0.5) is 0 Å². The maximum Gasteiger partial charge on any atom is 0.295 e. The SMILES string of the molecule is CCOc1ccccc1C1/C(=C(\O)c2ccc(OC)c(C)c2)C(=O)C(=O)N1CCCOC. The van der Waals surface area contributed by atoms with Gasteiger partial charge in [-0.25, -0.2) is 0 Å². The van der Waals surface area contributed by atoms with Gasteiger partial charge in [-0.2, -0.15) is 0 Å². The molecule has 3 rings (SSSR count). The Morgan fingerprint density at radius 2 is 1.84 bits per heavy atom. The molecule has 1 aliphatic rings. The van der Waals surface area contributed by atoms with E-state index in [0.717, 1.165) is 5.56 Å². The van der Waals surface area contributed by atoms with Crippen LogP contribution in [0.15, 0.2) is 48.0 Å². The smallest absolute Gasteiger partial charge is 0.295 e. The van der Waals surface area contributed by atoms with Gasteiger partial charge in [-0.1, -0.05) is 18.2 Å². The number of benzene rings is 2. The molecule has 7 heteroatoms. The summed E-state index contributed by atoms with van der Waals surface area (Å²) in [6.07, 6.45) is 0.554. The van der Waals surface area contributed by atoms with Crippen molar-refractivity contribution in [3.63, 3.8) is 0 Å². The molecule has 0 bridgehead atoms. The monoisotopic (exact) mass is 439 g/mol. The second-order valence-corrected chi connectivity index (χ2v) is 7.49. The minimum absolute atomic E-state index is 0.0455. The number of ether oxygens (including phenoxy) is 3. The molecule has 7 nitrogen and oxygen atoms in total. The Morgan fingerprint density at radius 3 is 2.50 bits per heavy atom. The van der Waals surface area contributed by atoms with Crippen molar-refractivity contribution in [2.75, 3.05) is 34.0 Å². The molecule has 0 spiro atoms. The highest BCUT2D eigenvalue weighted by Crippen LogP contribution is 2.43. The topological polar surface area (TPSA) is 85.3 Å². The zero-order chi connectivity index (χ0) is 23.3. The molecule has 0 saturated carbocycles. The molecule has 32 heavy (non-hydrogen) atoms. The third-order valence-corrected chi connectivity index (χ3v) is 5.47. The van der Waals surface area contributed by atoms with Gasteiger partial charge in [0.1, 0.15) is 17.3 Å². The number of amides is 1. The molecule has 1 heterocycles. The lowest BCUT2D eigenvalue weighted by Gasteiger charge is -2.26. The number of nitrogens with zero attached hydrogens (tertiary/aromatic N) is 1. The number of aliphatic hydroxyl groups excluding tert-OH is 1. The molecule has 1 aliphatic heterocycles. The van der Waals surface area contributed by atoms with Gasteiger partial charge in [0.25, 0.3) is 11.7 Å². The summed E-state index contributed by atoms with van der Waals surface area (Å²) in [4.78, 5) is 27.6. The van der Waals surface area contributed by atoms with Gasteiger partial charge in [-0.15, -0.1) is 0 Å². The highest BCUT2D eigenvalue weighted by atomic mass is 16.5. The van der Waals surface area contributed by atoms with Gasteiger partial charge in [-0.3, -0.25) is 9.59 Å². The van der Waals surface area contributed by atoms with Crippen LogP contribution in [0, 0.1) is 6.92 Å². The van der Waals surface area contributed by atoms with Crippen LogP contribution in [0.5, 0.6) is 11.5 Å². The molecular weight excluding hydrogens is 410 g/mol. The molecule has 1 atom stereocenters. The molecule has 1 amide bonds. The van der Waals surface area contributed by atoms with Gasteiger partial charge in [0.2, 0.25) is 0 Å². The van der Waals surface area contributed by atoms with Crippen LogP contribution in [-0.2, 0) is 14.3 Å². The number of para-hydroxylation sites is 1. The first kappa shape index (κ1) is 23.3. The molecule has 0 aliphatic carbocycles. The summed E-state index contributed by atoms with van der Waals surface area (Å²) in [5.41, 5.74) is 1.94. The first-order chi connectivity index (χ1) is 15.4. The van der Waals surface area contributed by atoms with Crippen LogP contribution in [0.25, 0.3) is 5.76 Å². The van der Waals surface area contributed by atoms with Gasteiger partial charge >= 0.3 is 0 Å². The Bertz CT molecular complexity index is 1030. The second-order valence-electron chi connectivity index (χ2n) is 7.49. The Morgan fingerprint density at radius 1 is 1.09 bits per heavy atom. The quantitative estimate of drug-likeness (QED) is 0.276. The van der Waals surface area contributed by atoms with Gasteiger partial charge in [0.05, 0.1) is 25.3 Å². The number of rotatable bonds is 9. The number of hydrogen-bond acceptors (Lipinski definition) is 6. The van der Waals surface area contributed by atoms with Crippen molar-refractivity contribution in [2.45, 2.75) is 26.3 Å². The van der Waals surface area contributed by atoms with Gasteiger partial charge in [0, 0.05) is 31.4 Å². The lowest BCUT2D eigenvalue weighted by molar-refractivity contribution is -0.140. The maximum atomic E-state index is 13.1. The van der Waals surface area contributed by atoms with E-state index in [1.165, 1.54) is 4.90 Å². The van der Waals surface area contributed by atoms with Gasteiger partial charge in [-0.05, 0) is 50.1 Å². The minimum Gasteiger partial charge on any atom is -0.507 e. The molecule has 1 saturated heterocycles. The minimum atomic E-state index is -0.767. The Hall–Kier alpha value is -3.32. The number of aliphatic hydroxyl groups is 1. The summed E-state index contributed by atoms with van der Waals surface area (Å²) >= 11 is 0. The lowest BCUT2D eigenvalue weighted by atomic mass is 9.94. The van der Waals surface area contributed by atoms with E-state index in [9.17, 15) is 14.7 Å². The Labute approximate surface area is 188 Å². The van der Waals surface area contributed by atoms with Crippen LogP contribution >= 0.6 is 0 Å². The van der Waals surface area contributed by atoms with Gasteiger partial charge < -0.3 is 24.2 Å². The molecular formula is C25H29NO6. The van der Waals surface area contributed by atoms with E-state index in [0.29, 0.717) is 48.8 Å². The van der Waals surface area contributed by atoms with Crippen molar-refractivity contribution in [3.05, 3.63) is 64.7 Å². The van der Waals surface area contributed by atoms with Crippen molar-refractivity contribution in [2.24, 2.45) is 0 Å². The second kappa shape index (κ2) is 10.3. The van der Waals surface area contributed by atoms with Gasteiger partial charge in [0.15, 0.2) is 0 Å². The van der Waals surface area contributed by atoms with E-state index in [4.69, 9.17) is 14.2 Å². The van der Waals surface area contributed by atoms with Crippen molar-refractivity contribution in [1.29, 1.82) is 0 Å². The van der Waals surface area contributed by atoms with E-state index in [1.54, 1.807) is 38.5 Å². The maximum absolute atomic E-state index is 13.1. The number of ketones is 1. The van der Waals surface area contributed by atoms with Crippen molar-refractivity contribution in [3.8, 4) is 11.5 Å². The largest absolute Gasteiger partial charge is 0.507 e. The fraction of sp³-hybridized carbons (Fsp3) is 0.360. The Balaban J connectivity index is 2.17. The number of likely N-dealkylation sites (tertiary alicyclic amines) is 1. The first-order valence-electron chi connectivity index (χ1n) is 10.6. The standard InChI is InChI=1S/C25H29NO6/c1-5-32-20-10-7-6-9-18(20)22-21(24(28)25(29)26(22)13-8-14-30-3)23(27)17-11-12-19(31-4)16(2)15-17/h6-7,9-12,15,22,27H,5,8,13-14H2,1-4H3/b23-21+. The molecule has 0 aromatic heterocycles. The third-order valence-electron chi connectivity index (χ3n) is 5.47. The zero-order valence-corrected chi connectivity index (χ0v) is 18.9. The summed E-state index contributed by atoms with van der Waals surface area (Å²) in [6, 6.07) is 11.6. The molecule has 170 valence electrons. The van der Waals surface area contributed by atoms with Crippen molar-refractivity contribution in [1.82, 2.24) is 4.90 Å². The first-order valence-corrected chi connectivity index (χ1v) is 10.6. The number of methoxy groups -OCH3 is 2. The summed E-state index contributed by atoms with van der Waals surface area (Å²) in [5.74, 6) is -0.358. The number of carbonyl (C=O) groups excluding carboxylic acids is 2. The summed E-state index contributed by atoms with van der Waals surface area (Å²) in [6.45, 7) is 4.90. The van der Waals surface area contributed by atoms with Crippen molar-refractivity contribution < 1.29 is 28.9 Å². The normalized spacial score (nSPS) is 17.6. The molecule has 0 radical (unpaired) electrons. The molecule has 2 aromatic carbocycles. The summed E-state index contributed by atoms with van der Waals surface area (Å²) in [5, 5.41) is 11.2. The predicted molar refractivity (Wildman–Crippen MR) is 121 cm³/mol. The predicted octanol–water partition coefficient (Wildman–Crippen LogP) is 3.86. The highest BCUT2D eigenvalue weighted by molar-refractivity contribution is 6.46. The third kappa shape index (κ3) is 4.48. The number of hydrogen-bond donors (Lipinski definition) is 1. The Kier molecular flexibility index (Phi) is 7.53. The van der Waals surface area contributed by atoms with Crippen molar-refractivity contribution >= 4 is 17.4 Å². The average Bonchev–Trinajstić information content (AvgIpc) is 3.04. The number of carbonyl (C=O) groups is 2. The lowest BCUT2D eigenvalue weighted by Crippen LogP contribution is -2.31. The average molecular weight is 440 g/mol. The number of Topliss-reactive ketones (excluding diaryl/α,β-unsaturated/α-hetero) is 1. The summed E-state index contributed by atoms with van der Waals surface area (Å²) < 4.78 is 16.2. The molecule has 1 N–H and O–H groups in total. The molecule has 2 aromatic rings. The van der Waals surface area contributed by atoms with E-state index in [2.05, 4.69) is 0 Å². The fourth-order valence-electron chi connectivity index (χ4n) is 3.99. The van der Waals surface area contributed by atoms with E-state index in [-0.39, 0.29) is 11.3 Å². The van der Waals surface area contributed by atoms with Crippen LogP contribution in [0.1, 0.15) is 36.1 Å². The van der Waals surface area contributed by atoms with Crippen LogP contribution in [0.3, 0.4) is 0 Å². The van der Waals surface area contributed by atoms with Crippen LogP contribution < -0.4 is 9.47 Å². The zero-order valence-electron chi connectivity index (χ0n) is 18.9. The number of aryl methyl sites for hydroxylation is 1. The van der Waals surface area contributed by atoms with E-state index >= 15 is 0 Å².